The second-order valence-electron chi connectivity index (χ2n) is 8.02. The third-order valence-electron chi connectivity index (χ3n) is 5.97. The van der Waals surface area contributed by atoms with E-state index in [0.29, 0.717) is 13.1 Å². The number of benzene rings is 1. The molecule has 1 fully saturated rings. The molecule has 176 valence electrons. The predicted octanol–water partition coefficient (Wildman–Crippen LogP) is 4.85. The van der Waals surface area contributed by atoms with E-state index in [2.05, 4.69) is 11.2 Å². The Morgan fingerprint density at radius 1 is 1.15 bits per heavy atom. The van der Waals surface area contributed by atoms with E-state index in [4.69, 9.17) is 9.97 Å². The molecule has 1 aromatic carbocycles. The molecule has 0 bridgehead atoms. The van der Waals surface area contributed by atoms with Gasteiger partial charge in [0.15, 0.2) is 5.13 Å². The zero-order valence-corrected chi connectivity index (χ0v) is 20.9. The first-order valence-corrected chi connectivity index (χ1v) is 13.1. The molecule has 0 N–H and O–H groups in total. The molecular weight excluding hydrogens is 471 g/mol. The number of hydrogen-bond donors (Lipinski definition) is 0. The van der Waals surface area contributed by atoms with Gasteiger partial charge in [-0.2, -0.15) is 0 Å². The lowest BCUT2D eigenvalue weighted by Gasteiger charge is -2.33. The van der Waals surface area contributed by atoms with Crippen molar-refractivity contribution in [2.45, 2.75) is 13.3 Å². The molecule has 0 aliphatic carbocycles. The summed E-state index contributed by atoms with van der Waals surface area (Å²) in [6, 6.07) is 10.3. The van der Waals surface area contributed by atoms with E-state index in [1.165, 1.54) is 23.5 Å². The zero-order valence-electron chi connectivity index (χ0n) is 19.2. The smallest absolute Gasteiger partial charge is 0.242 e. The van der Waals surface area contributed by atoms with Crippen molar-refractivity contribution >= 4 is 51.5 Å². The minimum Gasteiger partial charge on any atom is -0.308 e. The van der Waals surface area contributed by atoms with Crippen LogP contribution in [0.15, 0.2) is 48.0 Å². The molecule has 10 heteroatoms. The standard InChI is InChI=1S/C24H25FN6OS2/c1-4-19-23(28(2)24-27-20(15-34-24)16-5-7-17(25)8-6-16)31-13-18(9-10-21(31)26-19)30-12-11-29(33-3)14-22(30)32/h5-10,13,15H,4,11-12,14H2,1-3H3. The maximum atomic E-state index is 13.3. The van der Waals surface area contributed by atoms with Gasteiger partial charge in [0.2, 0.25) is 5.91 Å². The van der Waals surface area contributed by atoms with Gasteiger partial charge in [-0.15, -0.1) is 11.3 Å². The van der Waals surface area contributed by atoms with Gasteiger partial charge in [-0.1, -0.05) is 18.9 Å². The summed E-state index contributed by atoms with van der Waals surface area (Å²) in [6.07, 6.45) is 4.75. The van der Waals surface area contributed by atoms with Crippen LogP contribution in [0.25, 0.3) is 16.9 Å². The lowest BCUT2D eigenvalue weighted by atomic mass is 10.2. The first-order valence-electron chi connectivity index (χ1n) is 11.0. The molecule has 7 nitrogen and oxygen atoms in total. The molecule has 1 aliphatic heterocycles. The number of pyridine rings is 1. The van der Waals surface area contributed by atoms with Crippen LogP contribution in [0.1, 0.15) is 12.6 Å². The predicted molar refractivity (Wildman–Crippen MR) is 138 cm³/mol. The van der Waals surface area contributed by atoms with E-state index in [9.17, 15) is 9.18 Å². The summed E-state index contributed by atoms with van der Waals surface area (Å²) in [5, 5.41) is 2.79. The van der Waals surface area contributed by atoms with Crippen molar-refractivity contribution in [2.24, 2.45) is 0 Å². The molecule has 0 atom stereocenters. The third kappa shape index (κ3) is 4.17. The number of amides is 1. The molecule has 1 aliphatic rings. The second kappa shape index (κ2) is 9.36. The van der Waals surface area contributed by atoms with Gasteiger partial charge in [0.05, 0.1) is 23.6 Å². The third-order valence-corrected chi connectivity index (χ3v) is 7.72. The number of imidazole rings is 1. The number of thiazole rings is 1. The second-order valence-corrected chi connectivity index (χ2v) is 9.74. The fourth-order valence-corrected chi connectivity index (χ4v) is 5.47. The number of halogens is 1. The van der Waals surface area contributed by atoms with Crippen molar-refractivity contribution in [1.29, 1.82) is 0 Å². The van der Waals surface area contributed by atoms with Crippen LogP contribution in [-0.4, -0.2) is 57.5 Å². The molecule has 3 aromatic heterocycles. The molecule has 0 unspecified atom stereocenters. The Balaban J connectivity index is 1.50. The molecule has 4 heterocycles. The average Bonchev–Trinajstić information content (AvgIpc) is 3.48. The van der Waals surface area contributed by atoms with E-state index in [0.717, 1.165) is 52.2 Å². The van der Waals surface area contributed by atoms with Gasteiger partial charge in [0, 0.05) is 37.3 Å². The van der Waals surface area contributed by atoms with E-state index >= 15 is 0 Å². The number of fused-ring (bicyclic) bond motifs is 1. The van der Waals surface area contributed by atoms with E-state index in [1.54, 1.807) is 24.1 Å². The monoisotopic (exact) mass is 496 g/mol. The van der Waals surface area contributed by atoms with Crippen molar-refractivity contribution in [3.63, 3.8) is 0 Å². The van der Waals surface area contributed by atoms with Gasteiger partial charge >= 0.3 is 0 Å². The highest BCUT2D eigenvalue weighted by Gasteiger charge is 2.26. The van der Waals surface area contributed by atoms with Crippen LogP contribution < -0.4 is 9.80 Å². The number of nitrogens with zero attached hydrogens (tertiary/aromatic N) is 6. The Morgan fingerprint density at radius 2 is 1.94 bits per heavy atom. The summed E-state index contributed by atoms with van der Waals surface area (Å²) in [5.41, 5.74) is 4.32. The topological polar surface area (TPSA) is 57.0 Å². The van der Waals surface area contributed by atoms with Gasteiger partial charge in [-0.05, 0) is 49.1 Å². The molecule has 0 spiro atoms. The molecule has 5 rings (SSSR count). The van der Waals surface area contributed by atoms with E-state index < -0.39 is 0 Å². The van der Waals surface area contributed by atoms with Gasteiger partial charge in [-0.3, -0.25) is 9.20 Å². The Morgan fingerprint density at radius 3 is 2.65 bits per heavy atom. The minimum absolute atomic E-state index is 0.0922. The fourth-order valence-electron chi connectivity index (χ4n) is 4.16. The van der Waals surface area contributed by atoms with Gasteiger partial charge in [-0.25, -0.2) is 18.7 Å². The van der Waals surface area contributed by atoms with Crippen molar-refractivity contribution < 1.29 is 9.18 Å². The van der Waals surface area contributed by atoms with E-state index in [1.807, 2.05) is 51.2 Å². The molecule has 1 amide bonds. The van der Waals surface area contributed by atoms with Crippen LogP contribution in [0.3, 0.4) is 0 Å². The first kappa shape index (κ1) is 22.8. The highest BCUT2D eigenvalue weighted by atomic mass is 32.2. The Kier molecular flexibility index (Phi) is 6.28. The minimum atomic E-state index is -0.265. The van der Waals surface area contributed by atoms with Crippen molar-refractivity contribution in [3.8, 4) is 11.3 Å². The SMILES string of the molecule is CCc1nc2ccc(N3CCN(SC)CC3=O)cn2c1N(C)c1nc(-c2ccc(F)cc2)cs1. The highest BCUT2D eigenvalue weighted by molar-refractivity contribution is 7.96. The molecule has 4 aromatic rings. The van der Waals surface area contributed by atoms with Crippen LogP contribution in [-0.2, 0) is 11.2 Å². The Bertz CT molecular complexity index is 1340. The summed E-state index contributed by atoms with van der Waals surface area (Å²) < 4.78 is 17.4. The number of aryl methyl sites for hydroxylation is 1. The fraction of sp³-hybridized carbons (Fsp3) is 0.292. The number of anilines is 3. The summed E-state index contributed by atoms with van der Waals surface area (Å²) in [7, 11) is 1.98. The lowest BCUT2D eigenvalue weighted by molar-refractivity contribution is -0.119. The molecule has 34 heavy (non-hydrogen) atoms. The van der Waals surface area contributed by atoms with Crippen molar-refractivity contribution in [3.05, 3.63) is 59.5 Å². The summed E-state index contributed by atoms with van der Waals surface area (Å²) in [6.45, 7) is 3.96. The number of hydrogen-bond acceptors (Lipinski definition) is 7. The van der Waals surface area contributed by atoms with Gasteiger partial charge in [0.25, 0.3) is 0 Å². The van der Waals surface area contributed by atoms with E-state index in [-0.39, 0.29) is 11.7 Å². The van der Waals surface area contributed by atoms with Crippen molar-refractivity contribution in [1.82, 2.24) is 18.7 Å². The molecule has 0 saturated carbocycles. The number of carbonyl (C=O) groups is 1. The summed E-state index contributed by atoms with van der Waals surface area (Å²) in [4.78, 5) is 26.3. The Labute approximate surface area is 206 Å². The number of aromatic nitrogens is 3. The molecule has 1 saturated heterocycles. The van der Waals surface area contributed by atoms with Crippen LogP contribution >= 0.6 is 23.3 Å². The zero-order chi connectivity index (χ0) is 23.8. The quantitative estimate of drug-likeness (QED) is 0.356. The normalized spacial score (nSPS) is 14.8. The molecular formula is C24H25FN6OS2. The average molecular weight is 497 g/mol. The highest BCUT2D eigenvalue weighted by Crippen LogP contribution is 2.34. The Hall–Kier alpha value is -2.95. The molecule has 0 radical (unpaired) electrons. The summed E-state index contributed by atoms with van der Waals surface area (Å²) >= 11 is 3.13. The van der Waals surface area contributed by atoms with Crippen molar-refractivity contribution in [2.75, 3.05) is 42.7 Å². The van der Waals surface area contributed by atoms with Gasteiger partial charge in [0.1, 0.15) is 17.3 Å². The van der Waals surface area contributed by atoms with Crippen LogP contribution in [0.4, 0.5) is 21.0 Å². The van der Waals surface area contributed by atoms with Gasteiger partial charge < -0.3 is 9.80 Å². The largest absolute Gasteiger partial charge is 0.308 e. The maximum absolute atomic E-state index is 13.3. The van der Waals surface area contributed by atoms with Crippen LogP contribution in [0.5, 0.6) is 0 Å². The van der Waals surface area contributed by atoms with Crippen LogP contribution in [0, 0.1) is 5.82 Å². The lowest BCUT2D eigenvalue weighted by Crippen LogP contribution is -2.48. The number of carbonyl (C=O) groups excluding carboxylic acids is 1. The maximum Gasteiger partial charge on any atom is 0.242 e. The van der Waals surface area contributed by atoms with Crippen LogP contribution in [0.2, 0.25) is 0 Å². The summed E-state index contributed by atoms with van der Waals surface area (Å²) in [5.74, 6) is 0.753. The first-order chi connectivity index (χ1) is 16.5. The number of piperazine rings is 1. The number of rotatable bonds is 6.